The van der Waals surface area contributed by atoms with Gasteiger partial charge >= 0.3 is 0 Å². The van der Waals surface area contributed by atoms with Crippen molar-refractivity contribution in [2.75, 3.05) is 0 Å². The predicted molar refractivity (Wildman–Crippen MR) is 267 cm³/mol. The largest absolute Gasteiger partial charge is 0.309 e. The Morgan fingerprint density at radius 1 is 0.317 bits per heavy atom. The molecule has 0 fully saturated rings. The highest BCUT2D eigenvalue weighted by molar-refractivity contribution is 7.26. The fourth-order valence-corrected chi connectivity index (χ4v) is 11.8. The standard InChI is InChI=1S/C57H34N4S2/c1-3-16-35(17-4-1)37-32-38(36-18-5-2-6-19-36)34-39(33-37)61-47-27-10-7-21-42(47)52-44(24-14-28-48(52)61)55-58-56(45-25-15-31-51-53(45)43-22-9-12-30-50(43)62-51)60-57(59-55)46-26-13-23-41-40-20-8-11-29-49(40)63-54(41)46/h1-34H. The molecule has 0 saturated heterocycles. The first kappa shape index (κ1) is 35.9. The fraction of sp³-hybridized carbons (Fsp3) is 0. The van der Waals surface area contributed by atoms with Crippen LogP contribution >= 0.6 is 22.7 Å². The molecule has 4 heterocycles. The first-order valence-corrected chi connectivity index (χ1v) is 22.7. The average molecular weight is 839 g/mol. The molecule has 0 unspecified atom stereocenters. The Bertz CT molecular complexity index is 3860. The van der Waals surface area contributed by atoms with Crippen molar-refractivity contribution in [3.05, 3.63) is 206 Å². The highest BCUT2D eigenvalue weighted by Gasteiger charge is 2.23. The highest BCUT2D eigenvalue weighted by Crippen LogP contribution is 2.44. The summed E-state index contributed by atoms with van der Waals surface area (Å²) in [6.45, 7) is 0. The van der Waals surface area contributed by atoms with Gasteiger partial charge in [0.2, 0.25) is 0 Å². The molecule has 0 radical (unpaired) electrons. The molecule has 0 N–H and O–H groups in total. The van der Waals surface area contributed by atoms with E-state index < -0.39 is 0 Å². The van der Waals surface area contributed by atoms with E-state index in [-0.39, 0.29) is 0 Å². The van der Waals surface area contributed by atoms with Gasteiger partial charge in [0.25, 0.3) is 0 Å². The lowest BCUT2D eigenvalue weighted by Crippen LogP contribution is -2.01. The van der Waals surface area contributed by atoms with Gasteiger partial charge in [0, 0.05) is 73.5 Å². The molecule has 9 aromatic carbocycles. The summed E-state index contributed by atoms with van der Waals surface area (Å²) in [6.07, 6.45) is 0. The monoisotopic (exact) mass is 838 g/mol. The van der Waals surface area contributed by atoms with Crippen LogP contribution in [0.25, 0.3) is 124 Å². The van der Waals surface area contributed by atoms with Crippen LogP contribution in [0, 0.1) is 0 Å². The second-order valence-electron chi connectivity index (χ2n) is 15.9. The van der Waals surface area contributed by atoms with E-state index in [4.69, 9.17) is 15.0 Å². The van der Waals surface area contributed by atoms with Crippen LogP contribution in [0.2, 0.25) is 0 Å². The summed E-state index contributed by atoms with van der Waals surface area (Å²) in [6, 6.07) is 73.8. The Balaban J connectivity index is 1.10. The van der Waals surface area contributed by atoms with E-state index in [1.165, 1.54) is 51.5 Å². The van der Waals surface area contributed by atoms with Crippen molar-refractivity contribution in [1.82, 2.24) is 19.5 Å². The quantitative estimate of drug-likeness (QED) is 0.168. The van der Waals surface area contributed by atoms with Crippen LogP contribution in [-0.4, -0.2) is 19.5 Å². The minimum absolute atomic E-state index is 0.640. The fourth-order valence-electron chi connectivity index (χ4n) is 9.44. The number of aromatic nitrogens is 4. The number of benzene rings is 9. The minimum atomic E-state index is 0.640. The lowest BCUT2D eigenvalue weighted by atomic mass is 9.98. The van der Waals surface area contributed by atoms with Gasteiger partial charge in [0.1, 0.15) is 0 Å². The Morgan fingerprint density at radius 3 is 1.52 bits per heavy atom. The van der Waals surface area contributed by atoms with Crippen molar-refractivity contribution in [1.29, 1.82) is 0 Å². The van der Waals surface area contributed by atoms with Crippen LogP contribution in [0.1, 0.15) is 0 Å². The van der Waals surface area contributed by atoms with Crippen LogP contribution < -0.4 is 0 Å². The number of fused-ring (bicyclic) bond motifs is 9. The number of hydrogen-bond donors (Lipinski definition) is 0. The van der Waals surface area contributed by atoms with E-state index in [1.54, 1.807) is 22.7 Å². The van der Waals surface area contributed by atoms with E-state index >= 15 is 0 Å². The average Bonchev–Trinajstić information content (AvgIpc) is 4.04. The summed E-state index contributed by atoms with van der Waals surface area (Å²) in [5.41, 5.74) is 10.9. The molecule has 0 atom stereocenters. The maximum atomic E-state index is 5.48. The van der Waals surface area contributed by atoms with E-state index in [0.29, 0.717) is 17.5 Å². The Kier molecular flexibility index (Phi) is 8.22. The van der Waals surface area contributed by atoms with Gasteiger partial charge in [-0.1, -0.05) is 152 Å². The van der Waals surface area contributed by atoms with E-state index in [1.807, 2.05) is 0 Å². The molecule has 0 spiro atoms. The molecule has 294 valence electrons. The van der Waals surface area contributed by atoms with Crippen molar-refractivity contribution in [2.45, 2.75) is 0 Å². The molecule has 4 nitrogen and oxygen atoms in total. The molecule has 0 aliphatic carbocycles. The second kappa shape index (κ2) is 14.4. The van der Waals surface area contributed by atoms with E-state index in [9.17, 15) is 0 Å². The zero-order valence-electron chi connectivity index (χ0n) is 33.7. The van der Waals surface area contributed by atoms with Crippen LogP contribution in [-0.2, 0) is 0 Å². The maximum Gasteiger partial charge on any atom is 0.165 e. The topological polar surface area (TPSA) is 43.6 Å². The first-order valence-electron chi connectivity index (χ1n) is 21.1. The molecule has 0 aliphatic heterocycles. The number of hydrogen-bond acceptors (Lipinski definition) is 5. The molecule has 63 heavy (non-hydrogen) atoms. The second-order valence-corrected chi connectivity index (χ2v) is 18.1. The van der Waals surface area contributed by atoms with Crippen molar-refractivity contribution < 1.29 is 0 Å². The van der Waals surface area contributed by atoms with Crippen LogP contribution in [0.3, 0.4) is 0 Å². The van der Waals surface area contributed by atoms with Gasteiger partial charge in [-0.3, -0.25) is 0 Å². The Hall–Kier alpha value is -7.77. The number of nitrogens with zero attached hydrogens (tertiary/aromatic N) is 4. The maximum absolute atomic E-state index is 5.48. The zero-order valence-corrected chi connectivity index (χ0v) is 35.4. The van der Waals surface area contributed by atoms with Crippen LogP contribution in [0.15, 0.2) is 206 Å². The molecule has 4 aromatic heterocycles. The third kappa shape index (κ3) is 5.83. The molecule has 13 aromatic rings. The van der Waals surface area contributed by atoms with Crippen LogP contribution in [0.4, 0.5) is 0 Å². The summed E-state index contributed by atoms with van der Waals surface area (Å²) in [7, 11) is 0. The van der Waals surface area contributed by atoms with Gasteiger partial charge in [-0.15, -0.1) is 22.7 Å². The molecule has 0 saturated carbocycles. The van der Waals surface area contributed by atoms with Crippen molar-refractivity contribution in [3.63, 3.8) is 0 Å². The van der Waals surface area contributed by atoms with Crippen molar-refractivity contribution >= 4 is 84.8 Å². The van der Waals surface area contributed by atoms with E-state index in [0.717, 1.165) is 55.3 Å². The lowest BCUT2D eigenvalue weighted by Gasteiger charge is -2.14. The normalized spacial score (nSPS) is 11.8. The summed E-state index contributed by atoms with van der Waals surface area (Å²) in [4.78, 5) is 16.4. The summed E-state index contributed by atoms with van der Waals surface area (Å²) in [5, 5.41) is 7.06. The zero-order chi connectivity index (χ0) is 41.4. The summed E-state index contributed by atoms with van der Waals surface area (Å²) in [5.74, 6) is 1.96. The number of para-hydroxylation sites is 1. The molecule has 0 bridgehead atoms. The van der Waals surface area contributed by atoms with E-state index in [2.05, 4.69) is 211 Å². The number of rotatable bonds is 6. The predicted octanol–water partition coefficient (Wildman–Crippen LogP) is 16.0. The van der Waals surface area contributed by atoms with Gasteiger partial charge in [-0.2, -0.15) is 0 Å². The van der Waals surface area contributed by atoms with Crippen molar-refractivity contribution in [3.8, 4) is 62.1 Å². The first-order chi connectivity index (χ1) is 31.2. The number of thiophene rings is 2. The van der Waals surface area contributed by atoms with Crippen LogP contribution in [0.5, 0.6) is 0 Å². The smallest absolute Gasteiger partial charge is 0.165 e. The molecule has 0 amide bonds. The molecular formula is C57H34N4S2. The van der Waals surface area contributed by atoms with Gasteiger partial charge in [0.05, 0.1) is 11.0 Å². The molecule has 13 rings (SSSR count). The highest BCUT2D eigenvalue weighted by atomic mass is 32.1. The Labute approximate surface area is 370 Å². The SMILES string of the molecule is c1ccc(-c2cc(-c3ccccc3)cc(-n3c4ccccc4c4c(-c5nc(-c6cccc7c6sc6ccccc67)nc(-c6cccc7sc8ccccc8c67)n5)cccc43)c2)cc1. The van der Waals surface area contributed by atoms with Gasteiger partial charge in [-0.05, 0) is 76.9 Å². The summed E-state index contributed by atoms with van der Waals surface area (Å²) >= 11 is 3.60. The summed E-state index contributed by atoms with van der Waals surface area (Å²) < 4.78 is 7.28. The van der Waals surface area contributed by atoms with Gasteiger partial charge in [0.15, 0.2) is 17.5 Å². The van der Waals surface area contributed by atoms with Gasteiger partial charge in [-0.25, -0.2) is 15.0 Å². The molecule has 0 aliphatic rings. The lowest BCUT2D eigenvalue weighted by molar-refractivity contribution is 1.08. The molecule has 6 heteroatoms. The Morgan fingerprint density at radius 2 is 0.810 bits per heavy atom. The van der Waals surface area contributed by atoms with Gasteiger partial charge < -0.3 is 4.57 Å². The molecular weight excluding hydrogens is 805 g/mol. The third-order valence-corrected chi connectivity index (χ3v) is 14.6. The third-order valence-electron chi connectivity index (χ3n) is 12.3. The minimum Gasteiger partial charge on any atom is -0.309 e. The van der Waals surface area contributed by atoms with Crippen molar-refractivity contribution in [2.24, 2.45) is 0 Å².